The van der Waals surface area contributed by atoms with Gasteiger partial charge in [0, 0.05) is 36.2 Å². The second-order valence-corrected chi connectivity index (χ2v) is 10.7. The van der Waals surface area contributed by atoms with Crippen LogP contribution in [0.3, 0.4) is 0 Å². The van der Waals surface area contributed by atoms with Crippen LogP contribution in [-0.2, 0) is 22.5 Å². The molecule has 1 saturated heterocycles. The van der Waals surface area contributed by atoms with Crippen LogP contribution in [-0.4, -0.2) is 71.1 Å². The average Bonchev–Trinajstić information content (AvgIpc) is 3.83. The van der Waals surface area contributed by atoms with Crippen molar-refractivity contribution >= 4 is 33.8 Å². The van der Waals surface area contributed by atoms with Crippen LogP contribution in [0.15, 0.2) is 43.1 Å². The van der Waals surface area contributed by atoms with E-state index in [1.807, 2.05) is 0 Å². The van der Waals surface area contributed by atoms with Crippen LogP contribution in [0.1, 0.15) is 37.5 Å². The van der Waals surface area contributed by atoms with E-state index in [9.17, 15) is 15.0 Å². The molecule has 4 N–H and O–H groups in total. The summed E-state index contributed by atoms with van der Waals surface area (Å²) in [5.41, 5.74) is 3.54. The maximum Gasteiger partial charge on any atom is 0.252 e. The number of ether oxygens (including phenoxy) is 1. The van der Waals surface area contributed by atoms with E-state index < -0.39 is 30.4 Å². The summed E-state index contributed by atoms with van der Waals surface area (Å²) in [5.74, 6) is 0.959. The van der Waals surface area contributed by atoms with Crippen molar-refractivity contribution in [2.24, 2.45) is 5.92 Å². The van der Waals surface area contributed by atoms with Gasteiger partial charge in [-0.3, -0.25) is 9.36 Å². The maximum absolute atomic E-state index is 12.5. The number of hydrogen-bond donors (Lipinski definition) is 4. The highest BCUT2D eigenvalue weighted by molar-refractivity contribution is 5.85. The summed E-state index contributed by atoms with van der Waals surface area (Å²) in [7, 11) is 0. The van der Waals surface area contributed by atoms with Gasteiger partial charge in [0.2, 0.25) is 0 Å². The molecule has 2 aliphatic carbocycles. The summed E-state index contributed by atoms with van der Waals surface area (Å²) in [4.78, 5) is 25.7. The Morgan fingerprint density at radius 1 is 1.08 bits per heavy atom. The number of anilines is 1. The van der Waals surface area contributed by atoms with Gasteiger partial charge in [-0.15, -0.1) is 0 Å². The molecule has 1 aromatic carbocycles. The highest BCUT2D eigenvalue weighted by Crippen LogP contribution is 2.34. The minimum atomic E-state index is -1.35. The van der Waals surface area contributed by atoms with Crippen LogP contribution < -0.4 is 10.6 Å². The summed E-state index contributed by atoms with van der Waals surface area (Å²) in [5, 5.41) is 28.7. The molecule has 3 fully saturated rings. The third-order valence-electron chi connectivity index (χ3n) is 7.76. The Morgan fingerprint density at radius 3 is 2.74 bits per heavy atom. The normalized spacial score (nSPS) is 25.3. The van der Waals surface area contributed by atoms with Crippen molar-refractivity contribution in [3.63, 3.8) is 0 Å². The molecule has 1 amide bonds. The van der Waals surface area contributed by atoms with Gasteiger partial charge in [-0.25, -0.2) is 15.0 Å². The minimum Gasteiger partial charge on any atom is -0.387 e. The first-order valence-electron chi connectivity index (χ1n) is 13.4. The number of fused-ring (bicyclic) bond motifs is 2. The van der Waals surface area contributed by atoms with Gasteiger partial charge in [-0.05, 0) is 49.7 Å². The van der Waals surface area contributed by atoms with Crippen LogP contribution in [0.5, 0.6) is 0 Å². The molecule has 0 unspecified atom stereocenters. The Kier molecular flexibility index (Phi) is 5.79. The Hall–Kier alpha value is -3.54. The number of amides is 1. The van der Waals surface area contributed by atoms with Gasteiger partial charge in [0.1, 0.15) is 18.5 Å². The number of aromatic nitrogens is 5. The van der Waals surface area contributed by atoms with E-state index in [0.717, 1.165) is 31.7 Å². The maximum atomic E-state index is 12.5. The molecule has 0 radical (unpaired) electrons. The monoisotopic (exact) mass is 517 g/mol. The summed E-state index contributed by atoms with van der Waals surface area (Å²) < 4.78 is 9.74. The first kappa shape index (κ1) is 23.6. The zero-order valence-corrected chi connectivity index (χ0v) is 20.9. The number of rotatable bonds is 9. The fraction of sp³-hybridized carbons (Fsp3) is 0.481. The lowest BCUT2D eigenvalue weighted by molar-refractivity contribution is -0.137. The minimum absolute atomic E-state index is 0.125. The van der Waals surface area contributed by atoms with E-state index in [1.165, 1.54) is 42.0 Å². The standard InChI is InChI=1S/C27H31N7O4/c35-21-22(36)27(38-23(21)26(37)32-17-7-8-17)34-14-31-20-24(29-13-30-25(20)34)28-10-9-16-12-33(11-15-5-6-15)19-4-2-1-3-18(16)19/h1-4,12-15,17,21-23,27,35-36H,5-11H2,(H,32,37)(H,28,29,30)/t21-,22+,23-,27+/m0/s1. The van der Waals surface area contributed by atoms with Crippen molar-refractivity contribution in [3.8, 4) is 0 Å². The third kappa shape index (κ3) is 4.30. The highest BCUT2D eigenvalue weighted by atomic mass is 16.6. The molecule has 3 aliphatic rings. The van der Waals surface area contributed by atoms with Gasteiger partial charge in [0.15, 0.2) is 29.3 Å². The number of carbonyl (C=O) groups excluding carboxylic acids is 1. The highest BCUT2D eigenvalue weighted by Gasteiger charge is 2.48. The molecular weight excluding hydrogens is 486 g/mol. The number of hydrogen-bond acceptors (Lipinski definition) is 8. The smallest absolute Gasteiger partial charge is 0.252 e. The first-order chi connectivity index (χ1) is 18.6. The van der Waals surface area contributed by atoms with E-state index in [1.54, 1.807) is 4.57 Å². The Morgan fingerprint density at radius 2 is 1.92 bits per heavy atom. The number of imidazole rings is 1. The second-order valence-electron chi connectivity index (χ2n) is 10.7. The van der Waals surface area contributed by atoms with Gasteiger partial charge >= 0.3 is 0 Å². The van der Waals surface area contributed by atoms with Crippen LogP contribution in [0.2, 0.25) is 0 Å². The molecule has 0 spiro atoms. The van der Waals surface area contributed by atoms with Crippen molar-refractivity contribution in [2.45, 2.75) is 69.2 Å². The predicted molar refractivity (Wildman–Crippen MR) is 139 cm³/mol. The van der Waals surface area contributed by atoms with Crippen LogP contribution in [0, 0.1) is 5.92 Å². The van der Waals surface area contributed by atoms with Gasteiger partial charge < -0.3 is 30.2 Å². The Bertz CT molecular complexity index is 1490. The lowest BCUT2D eigenvalue weighted by Crippen LogP contribution is -2.43. The number of carbonyl (C=O) groups is 1. The quantitative estimate of drug-likeness (QED) is 0.263. The summed E-state index contributed by atoms with van der Waals surface area (Å²) in [6, 6.07) is 8.66. The molecule has 11 heteroatoms. The molecule has 7 rings (SSSR count). The summed E-state index contributed by atoms with van der Waals surface area (Å²) >= 11 is 0. The van der Waals surface area contributed by atoms with Gasteiger partial charge in [0.05, 0.1) is 6.33 Å². The van der Waals surface area contributed by atoms with Crippen LogP contribution >= 0.6 is 0 Å². The third-order valence-corrected chi connectivity index (χ3v) is 7.76. The molecule has 11 nitrogen and oxygen atoms in total. The van der Waals surface area contributed by atoms with Crippen molar-refractivity contribution in [1.82, 2.24) is 29.4 Å². The fourth-order valence-corrected chi connectivity index (χ4v) is 5.35. The summed E-state index contributed by atoms with van der Waals surface area (Å²) in [6.45, 7) is 1.73. The molecule has 2 saturated carbocycles. The van der Waals surface area contributed by atoms with Crippen LogP contribution in [0.4, 0.5) is 5.82 Å². The number of aliphatic hydroxyl groups excluding tert-OH is 2. The Balaban J connectivity index is 1.07. The van der Waals surface area contributed by atoms with Crippen molar-refractivity contribution in [1.29, 1.82) is 0 Å². The van der Waals surface area contributed by atoms with Crippen molar-refractivity contribution < 1.29 is 19.7 Å². The van der Waals surface area contributed by atoms with Gasteiger partial charge in [-0.1, -0.05) is 18.2 Å². The molecule has 4 heterocycles. The fourth-order valence-electron chi connectivity index (χ4n) is 5.35. The molecule has 0 bridgehead atoms. The number of nitrogens with one attached hydrogen (secondary N) is 2. The predicted octanol–water partition coefficient (Wildman–Crippen LogP) is 1.74. The average molecular weight is 518 g/mol. The van der Waals surface area contributed by atoms with Crippen molar-refractivity contribution in [3.05, 3.63) is 48.7 Å². The second kappa shape index (κ2) is 9.33. The first-order valence-corrected chi connectivity index (χ1v) is 13.4. The molecule has 198 valence electrons. The van der Waals surface area contributed by atoms with E-state index in [2.05, 4.69) is 60.6 Å². The van der Waals surface area contributed by atoms with E-state index in [-0.39, 0.29) is 6.04 Å². The van der Waals surface area contributed by atoms with Gasteiger partial charge in [-0.2, -0.15) is 0 Å². The number of para-hydroxylation sites is 1. The van der Waals surface area contributed by atoms with E-state index in [4.69, 9.17) is 4.74 Å². The molecule has 3 aromatic heterocycles. The number of benzene rings is 1. The molecular formula is C27H31N7O4. The lowest BCUT2D eigenvalue weighted by atomic mass is 10.1. The van der Waals surface area contributed by atoms with E-state index in [0.29, 0.717) is 23.5 Å². The number of aliphatic hydroxyl groups is 2. The zero-order chi connectivity index (χ0) is 25.8. The van der Waals surface area contributed by atoms with Crippen molar-refractivity contribution in [2.75, 3.05) is 11.9 Å². The SMILES string of the molecule is O=C(NC1CC1)[C@H]1O[C@@H](n2cnc3c(NCCc4cn(CC5CC5)c5ccccc45)ncnc32)[C@H](O)[C@@H]1O. The molecule has 4 atom stereocenters. The summed E-state index contributed by atoms with van der Waals surface area (Å²) in [6.07, 6.45) is 5.68. The Labute approximate surface area is 218 Å². The zero-order valence-electron chi connectivity index (χ0n) is 20.9. The topological polar surface area (TPSA) is 139 Å². The van der Waals surface area contributed by atoms with Gasteiger partial charge in [0.25, 0.3) is 5.91 Å². The van der Waals surface area contributed by atoms with Crippen LogP contribution in [0.25, 0.3) is 22.1 Å². The number of nitrogens with zero attached hydrogens (tertiary/aromatic N) is 5. The molecule has 4 aromatic rings. The molecule has 38 heavy (non-hydrogen) atoms. The lowest BCUT2D eigenvalue weighted by Gasteiger charge is -2.16. The molecule has 1 aliphatic heterocycles. The van der Waals surface area contributed by atoms with E-state index >= 15 is 0 Å². The largest absolute Gasteiger partial charge is 0.387 e.